The van der Waals surface area contributed by atoms with Gasteiger partial charge in [-0.2, -0.15) is 0 Å². The van der Waals surface area contributed by atoms with Crippen LogP contribution in [0.2, 0.25) is 0 Å². The largest absolute Gasteiger partial charge is 0.388 e. The van der Waals surface area contributed by atoms with Crippen LogP contribution in [-0.4, -0.2) is 46.3 Å². The highest BCUT2D eigenvalue weighted by molar-refractivity contribution is 5.83. The molecule has 2 rings (SSSR count). The van der Waals surface area contributed by atoms with Crippen LogP contribution in [0.25, 0.3) is 0 Å². The summed E-state index contributed by atoms with van der Waals surface area (Å²) in [5, 5.41) is 18.8. The normalized spacial score (nSPS) is 25.9. The second-order valence-corrected chi connectivity index (χ2v) is 4.27. The Morgan fingerprint density at radius 3 is 2.29 bits per heavy atom. The van der Waals surface area contributed by atoms with Crippen molar-refractivity contribution in [1.82, 2.24) is 4.90 Å². The predicted molar refractivity (Wildman–Crippen MR) is 62.0 cm³/mol. The van der Waals surface area contributed by atoms with Crippen molar-refractivity contribution in [1.29, 1.82) is 0 Å². The van der Waals surface area contributed by atoms with Crippen LogP contribution in [-0.2, 0) is 4.79 Å². The number of benzene rings is 1. The van der Waals surface area contributed by atoms with Crippen molar-refractivity contribution in [3.05, 3.63) is 35.9 Å². The highest BCUT2D eigenvalue weighted by Crippen LogP contribution is 2.17. The standard InChI is InChI=1S/C12H16N2O3/c13-11(8-4-2-1-3-5-8)12(17)14-6-9(15)10(16)7-14/h1-5,9-11,15-16H,6-7,13H2/t9?,10?,11-/m1/s1. The van der Waals surface area contributed by atoms with E-state index in [1.165, 1.54) is 4.90 Å². The van der Waals surface area contributed by atoms with Gasteiger partial charge in [-0.15, -0.1) is 0 Å². The van der Waals surface area contributed by atoms with E-state index >= 15 is 0 Å². The van der Waals surface area contributed by atoms with Gasteiger partial charge in [-0.25, -0.2) is 0 Å². The SMILES string of the molecule is N[C@@H](C(=O)N1CC(O)C(O)C1)c1ccccc1. The van der Waals surface area contributed by atoms with Gasteiger partial charge in [0.05, 0.1) is 12.2 Å². The molecular formula is C12H16N2O3. The second-order valence-electron chi connectivity index (χ2n) is 4.27. The summed E-state index contributed by atoms with van der Waals surface area (Å²) in [7, 11) is 0. The minimum Gasteiger partial charge on any atom is -0.388 e. The molecule has 1 aromatic rings. The number of likely N-dealkylation sites (tertiary alicyclic amines) is 1. The van der Waals surface area contributed by atoms with E-state index in [0.717, 1.165) is 5.56 Å². The number of β-amino-alcohol motifs (C(OH)–C–C–N with tert-alkyl or cyclic N) is 2. The molecule has 0 saturated carbocycles. The van der Waals surface area contributed by atoms with Crippen LogP contribution >= 0.6 is 0 Å². The van der Waals surface area contributed by atoms with Crippen molar-refractivity contribution in [2.24, 2.45) is 5.73 Å². The Hall–Kier alpha value is -1.43. The molecule has 1 amide bonds. The average Bonchev–Trinajstić information content (AvgIpc) is 2.69. The lowest BCUT2D eigenvalue weighted by atomic mass is 10.1. The lowest BCUT2D eigenvalue weighted by Gasteiger charge is -2.20. The van der Waals surface area contributed by atoms with Crippen LogP contribution in [0.3, 0.4) is 0 Å². The molecule has 5 nitrogen and oxygen atoms in total. The summed E-state index contributed by atoms with van der Waals surface area (Å²) in [6.45, 7) is 0.279. The highest BCUT2D eigenvalue weighted by Gasteiger charge is 2.34. The molecule has 92 valence electrons. The number of hydrogen-bond acceptors (Lipinski definition) is 4. The monoisotopic (exact) mass is 236 g/mol. The summed E-state index contributed by atoms with van der Waals surface area (Å²) in [6.07, 6.45) is -1.75. The fourth-order valence-electron chi connectivity index (χ4n) is 1.95. The molecule has 1 aromatic carbocycles. The van der Waals surface area contributed by atoms with Crippen LogP contribution in [0.4, 0.5) is 0 Å². The number of amides is 1. The molecule has 0 spiro atoms. The van der Waals surface area contributed by atoms with Crippen molar-refractivity contribution >= 4 is 5.91 Å². The summed E-state index contributed by atoms with van der Waals surface area (Å²) >= 11 is 0. The number of aliphatic hydroxyl groups is 2. The molecule has 0 bridgehead atoms. The second kappa shape index (κ2) is 4.83. The van der Waals surface area contributed by atoms with E-state index < -0.39 is 18.2 Å². The lowest BCUT2D eigenvalue weighted by molar-refractivity contribution is -0.132. The number of rotatable bonds is 2. The molecule has 0 aliphatic carbocycles. The zero-order valence-electron chi connectivity index (χ0n) is 9.36. The van der Waals surface area contributed by atoms with E-state index in [0.29, 0.717) is 0 Å². The molecule has 17 heavy (non-hydrogen) atoms. The summed E-state index contributed by atoms with van der Waals surface area (Å²) in [6, 6.07) is 8.31. The third-order valence-electron chi connectivity index (χ3n) is 3.00. The molecule has 1 fully saturated rings. The molecule has 0 radical (unpaired) electrons. The first-order valence-corrected chi connectivity index (χ1v) is 5.55. The smallest absolute Gasteiger partial charge is 0.244 e. The summed E-state index contributed by atoms with van der Waals surface area (Å²) < 4.78 is 0. The number of nitrogens with two attached hydrogens (primary N) is 1. The van der Waals surface area contributed by atoms with Gasteiger partial charge in [0, 0.05) is 13.1 Å². The Morgan fingerprint density at radius 1 is 1.24 bits per heavy atom. The first kappa shape index (κ1) is 12.0. The van der Waals surface area contributed by atoms with Crippen LogP contribution < -0.4 is 5.73 Å². The molecule has 1 heterocycles. The molecule has 1 aliphatic rings. The summed E-state index contributed by atoms with van der Waals surface area (Å²) in [4.78, 5) is 13.4. The topological polar surface area (TPSA) is 86.8 Å². The van der Waals surface area contributed by atoms with Gasteiger partial charge >= 0.3 is 0 Å². The Morgan fingerprint density at radius 2 is 1.76 bits per heavy atom. The van der Waals surface area contributed by atoms with E-state index in [4.69, 9.17) is 5.73 Å². The predicted octanol–water partition coefficient (Wildman–Crippen LogP) is -0.750. The van der Waals surface area contributed by atoms with E-state index in [2.05, 4.69) is 0 Å². The number of hydrogen-bond donors (Lipinski definition) is 3. The van der Waals surface area contributed by atoms with Gasteiger partial charge in [0.2, 0.25) is 5.91 Å². The molecule has 2 unspecified atom stereocenters. The minimum atomic E-state index is -0.873. The van der Waals surface area contributed by atoms with E-state index in [1.807, 2.05) is 18.2 Å². The average molecular weight is 236 g/mol. The first-order chi connectivity index (χ1) is 8.09. The van der Waals surface area contributed by atoms with Crippen LogP contribution in [0.5, 0.6) is 0 Å². The van der Waals surface area contributed by atoms with Crippen LogP contribution in [0.15, 0.2) is 30.3 Å². The Labute approximate surface area is 99.5 Å². The van der Waals surface area contributed by atoms with Gasteiger partial charge in [0.1, 0.15) is 6.04 Å². The number of carbonyl (C=O) groups is 1. The van der Waals surface area contributed by atoms with Crippen molar-refractivity contribution in [3.8, 4) is 0 Å². The fraction of sp³-hybridized carbons (Fsp3) is 0.417. The molecule has 3 atom stereocenters. The molecule has 0 aromatic heterocycles. The van der Waals surface area contributed by atoms with Gasteiger partial charge in [-0.3, -0.25) is 4.79 Å². The van der Waals surface area contributed by atoms with Gasteiger partial charge in [0.15, 0.2) is 0 Å². The minimum absolute atomic E-state index is 0.139. The summed E-state index contributed by atoms with van der Waals surface area (Å²) in [5.41, 5.74) is 6.58. The van der Waals surface area contributed by atoms with Gasteiger partial charge in [0.25, 0.3) is 0 Å². The Bertz CT molecular complexity index is 386. The van der Waals surface area contributed by atoms with Crippen molar-refractivity contribution in [2.45, 2.75) is 18.2 Å². The van der Waals surface area contributed by atoms with Gasteiger partial charge < -0.3 is 20.8 Å². The van der Waals surface area contributed by atoms with E-state index in [-0.39, 0.29) is 19.0 Å². The zero-order valence-corrected chi connectivity index (χ0v) is 9.36. The maximum absolute atomic E-state index is 12.0. The quantitative estimate of drug-likeness (QED) is 0.630. The first-order valence-electron chi connectivity index (χ1n) is 5.55. The number of carbonyl (C=O) groups excluding carboxylic acids is 1. The number of aliphatic hydroxyl groups excluding tert-OH is 2. The van der Waals surface area contributed by atoms with E-state index in [9.17, 15) is 15.0 Å². The maximum atomic E-state index is 12.0. The number of nitrogens with zero attached hydrogens (tertiary/aromatic N) is 1. The molecule has 1 aliphatic heterocycles. The maximum Gasteiger partial charge on any atom is 0.244 e. The van der Waals surface area contributed by atoms with Crippen LogP contribution in [0, 0.1) is 0 Å². The zero-order chi connectivity index (χ0) is 12.4. The van der Waals surface area contributed by atoms with E-state index in [1.54, 1.807) is 12.1 Å². The fourth-order valence-corrected chi connectivity index (χ4v) is 1.95. The third-order valence-corrected chi connectivity index (χ3v) is 3.00. The molecular weight excluding hydrogens is 220 g/mol. The van der Waals surface area contributed by atoms with Crippen molar-refractivity contribution < 1.29 is 15.0 Å². The summed E-state index contributed by atoms with van der Waals surface area (Å²) in [5.74, 6) is -0.271. The Kier molecular flexibility index (Phi) is 3.42. The third kappa shape index (κ3) is 2.46. The molecule has 1 saturated heterocycles. The van der Waals surface area contributed by atoms with Gasteiger partial charge in [-0.1, -0.05) is 30.3 Å². The molecule has 4 N–H and O–H groups in total. The highest BCUT2D eigenvalue weighted by atomic mass is 16.3. The van der Waals surface area contributed by atoms with Crippen molar-refractivity contribution in [3.63, 3.8) is 0 Å². The lowest BCUT2D eigenvalue weighted by Crippen LogP contribution is -2.37. The Balaban J connectivity index is 2.06. The van der Waals surface area contributed by atoms with Gasteiger partial charge in [-0.05, 0) is 5.56 Å². The van der Waals surface area contributed by atoms with Crippen LogP contribution in [0.1, 0.15) is 11.6 Å². The van der Waals surface area contributed by atoms with Crippen molar-refractivity contribution in [2.75, 3.05) is 13.1 Å². The molecule has 5 heteroatoms.